The van der Waals surface area contributed by atoms with Crippen molar-refractivity contribution in [3.05, 3.63) is 29.8 Å². The summed E-state index contributed by atoms with van der Waals surface area (Å²) >= 11 is 0. The van der Waals surface area contributed by atoms with Crippen molar-refractivity contribution >= 4 is 0 Å². The molecule has 1 aliphatic carbocycles. The van der Waals surface area contributed by atoms with Crippen LogP contribution in [0.5, 0.6) is 5.75 Å². The van der Waals surface area contributed by atoms with Crippen LogP contribution in [0.2, 0.25) is 0 Å². The van der Waals surface area contributed by atoms with Gasteiger partial charge in [-0.15, -0.1) is 0 Å². The van der Waals surface area contributed by atoms with Crippen molar-refractivity contribution in [2.75, 3.05) is 7.11 Å². The van der Waals surface area contributed by atoms with Gasteiger partial charge >= 0.3 is 0 Å². The number of ether oxygens (including phenoxy) is 1. The molecule has 1 aromatic carbocycles. The molecular weight excluding hydrogens is 246 g/mol. The Morgan fingerprint density at radius 1 is 1.10 bits per heavy atom. The van der Waals surface area contributed by atoms with E-state index < -0.39 is 0 Å². The van der Waals surface area contributed by atoms with Gasteiger partial charge in [-0.25, -0.2) is 0 Å². The average Bonchev–Trinajstić information content (AvgIpc) is 2.44. The van der Waals surface area contributed by atoms with Gasteiger partial charge in [0.05, 0.1) is 18.6 Å². The van der Waals surface area contributed by atoms with Crippen LogP contribution < -0.4 is 4.74 Å². The normalized spacial score (nSPS) is 18.9. The van der Waals surface area contributed by atoms with E-state index in [1.165, 1.54) is 25.7 Å². The predicted molar refractivity (Wildman–Crippen MR) is 81.8 cm³/mol. The Hall–Kier alpha value is -1.49. The van der Waals surface area contributed by atoms with E-state index in [1.807, 2.05) is 12.1 Å². The molecule has 0 amide bonds. The van der Waals surface area contributed by atoms with Gasteiger partial charge in [-0.3, -0.25) is 0 Å². The molecule has 1 aromatic rings. The molecule has 1 saturated carbocycles. The molecule has 0 atom stereocenters. The van der Waals surface area contributed by atoms with Gasteiger partial charge in [0.1, 0.15) is 5.75 Å². The fourth-order valence-electron chi connectivity index (χ4n) is 4.03. The SMILES string of the molecule is CCCC1(CCC)CC(C#N)(c2ccc(OC)cc2)C1. The minimum absolute atomic E-state index is 0.267. The lowest BCUT2D eigenvalue weighted by molar-refractivity contribution is 0.0357. The minimum atomic E-state index is -0.267. The third kappa shape index (κ3) is 2.54. The minimum Gasteiger partial charge on any atom is -0.497 e. The van der Waals surface area contributed by atoms with Gasteiger partial charge in [-0.2, -0.15) is 5.26 Å². The van der Waals surface area contributed by atoms with Crippen molar-refractivity contribution < 1.29 is 4.74 Å². The summed E-state index contributed by atoms with van der Waals surface area (Å²) in [7, 11) is 1.67. The quantitative estimate of drug-likeness (QED) is 0.742. The van der Waals surface area contributed by atoms with Crippen LogP contribution >= 0.6 is 0 Å². The monoisotopic (exact) mass is 271 g/mol. The summed E-state index contributed by atoms with van der Waals surface area (Å²) in [6.45, 7) is 4.49. The lowest BCUT2D eigenvalue weighted by Crippen LogP contribution is -2.48. The van der Waals surface area contributed by atoms with Crippen LogP contribution in [0.15, 0.2) is 24.3 Å². The Balaban J connectivity index is 2.19. The van der Waals surface area contributed by atoms with Crippen molar-refractivity contribution in [3.63, 3.8) is 0 Å². The smallest absolute Gasteiger partial charge is 0.118 e. The molecule has 0 unspecified atom stereocenters. The first-order valence-electron chi connectivity index (χ1n) is 7.69. The summed E-state index contributed by atoms with van der Waals surface area (Å²) in [6, 6.07) is 10.7. The lowest BCUT2D eigenvalue weighted by Gasteiger charge is -2.53. The van der Waals surface area contributed by atoms with E-state index in [0.29, 0.717) is 5.41 Å². The Bertz CT molecular complexity index is 469. The van der Waals surface area contributed by atoms with Crippen molar-refractivity contribution in [2.45, 2.75) is 57.8 Å². The average molecular weight is 271 g/mol. The maximum absolute atomic E-state index is 9.70. The highest BCUT2D eigenvalue weighted by Crippen LogP contribution is 2.60. The summed E-state index contributed by atoms with van der Waals surface area (Å²) in [5.74, 6) is 0.856. The molecule has 0 heterocycles. The van der Waals surface area contributed by atoms with E-state index in [1.54, 1.807) is 7.11 Å². The molecule has 2 rings (SSSR count). The summed E-state index contributed by atoms with van der Waals surface area (Å²) in [5.41, 5.74) is 1.29. The zero-order chi connectivity index (χ0) is 14.6. The number of methoxy groups -OCH3 is 1. The van der Waals surface area contributed by atoms with Gasteiger partial charge in [-0.05, 0) is 48.8 Å². The molecule has 0 aliphatic heterocycles. The highest BCUT2D eigenvalue weighted by Gasteiger charge is 2.54. The first-order valence-corrected chi connectivity index (χ1v) is 7.69. The van der Waals surface area contributed by atoms with Gasteiger partial charge in [0.25, 0.3) is 0 Å². The second-order valence-electron chi connectivity index (χ2n) is 6.28. The standard InChI is InChI=1S/C18H25NO/c1-4-10-17(11-5-2)12-18(13-17,14-19)15-6-8-16(20-3)9-7-15/h6-9H,4-5,10-13H2,1-3H3. The molecule has 0 aromatic heterocycles. The van der Waals surface area contributed by atoms with Gasteiger partial charge in [0.2, 0.25) is 0 Å². The number of rotatable bonds is 6. The third-order valence-electron chi connectivity index (χ3n) is 4.77. The number of hydrogen-bond acceptors (Lipinski definition) is 2. The highest BCUT2D eigenvalue weighted by atomic mass is 16.5. The molecule has 1 aliphatic rings. The molecule has 0 radical (unpaired) electrons. The van der Waals surface area contributed by atoms with E-state index in [9.17, 15) is 5.26 Å². The van der Waals surface area contributed by atoms with Crippen LogP contribution in [-0.4, -0.2) is 7.11 Å². The Labute approximate surface area is 122 Å². The predicted octanol–water partition coefficient (Wildman–Crippen LogP) is 4.84. The summed E-state index contributed by atoms with van der Waals surface area (Å²) < 4.78 is 5.20. The molecule has 0 saturated heterocycles. The maximum atomic E-state index is 9.70. The summed E-state index contributed by atoms with van der Waals surface area (Å²) in [6.07, 6.45) is 6.96. The van der Waals surface area contributed by atoms with E-state index in [-0.39, 0.29) is 5.41 Å². The van der Waals surface area contributed by atoms with Crippen molar-refractivity contribution in [3.8, 4) is 11.8 Å². The second-order valence-corrected chi connectivity index (χ2v) is 6.28. The third-order valence-corrected chi connectivity index (χ3v) is 4.77. The Morgan fingerprint density at radius 3 is 2.05 bits per heavy atom. The van der Waals surface area contributed by atoms with Gasteiger partial charge in [0, 0.05) is 0 Å². The molecule has 108 valence electrons. The number of benzene rings is 1. The Kier molecular flexibility index (Phi) is 4.38. The van der Waals surface area contributed by atoms with Crippen molar-refractivity contribution in [2.24, 2.45) is 5.41 Å². The lowest BCUT2D eigenvalue weighted by atomic mass is 9.48. The number of nitrogens with zero attached hydrogens (tertiary/aromatic N) is 1. The van der Waals surface area contributed by atoms with Crippen LogP contribution in [0, 0.1) is 16.7 Å². The van der Waals surface area contributed by atoms with Crippen molar-refractivity contribution in [1.29, 1.82) is 5.26 Å². The molecule has 0 N–H and O–H groups in total. The van der Waals surface area contributed by atoms with Crippen LogP contribution in [0.25, 0.3) is 0 Å². The number of hydrogen-bond donors (Lipinski definition) is 0. The van der Waals surface area contributed by atoms with Crippen LogP contribution in [0.4, 0.5) is 0 Å². The van der Waals surface area contributed by atoms with Gasteiger partial charge in [0.15, 0.2) is 0 Å². The van der Waals surface area contributed by atoms with E-state index in [4.69, 9.17) is 4.74 Å². The molecular formula is C18H25NO. The molecule has 0 spiro atoms. The number of nitriles is 1. The van der Waals surface area contributed by atoms with Gasteiger partial charge in [-0.1, -0.05) is 38.8 Å². The highest BCUT2D eigenvalue weighted by molar-refractivity contribution is 5.40. The van der Waals surface area contributed by atoms with Crippen LogP contribution in [-0.2, 0) is 5.41 Å². The second kappa shape index (κ2) is 5.87. The first kappa shape index (κ1) is 14.9. The molecule has 2 nitrogen and oxygen atoms in total. The fourth-order valence-corrected chi connectivity index (χ4v) is 4.03. The maximum Gasteiger partial charge on any atom is 0.118 e. The largest absolute Gasteiger partial charge is 0.497 e. The zero-order valence-electron chi connectivity index (χ0n) is 12.9. The molecule has 1 fully saturated rings. The topological polar surface area (TPSA) is 33.0 Å². The Morgan fingerprint density at radius 2 is 1.65 bits per heavy atom. The molecule has 20 heavy (non-hydrogen) atoms. The van der Waals surface area contributed by atoms with E-state index in [2.05, 4.69) is 32.0 Å². The zero-order valence-corrected chi connectivity index (χ0v) is 12.9. The first-order chi connectivity index (χ1) is 9.63. The summed E-state index contributed by atoms with van der Waals surface area (Å²) in [5, 5.41) is 9.70. The van der Waals surface area contributed by atoms with Crippen molar-refractivity contribution in [1.82, 2.24) is 0 Å². The van der Waals surface area contributed by atoms with Gasteiger partial charge < -0.3 is 4.74 Å². The molecule has 2 heteroatoms. The van der Waals surface area contributed by atoms with Crippen LogP contribution in [0.1, 0.15) is 57.9 Å². The fraction of sp³-hybridized carbons (Fsp3) is 0.611. The van der Waals surface area contributed by atoms with E-state index in [0.717, 1.165) is 24.2 Å². The molecule has 0 bridgehead atoms. The van der Waals surface area contributed by atoms with Crippen LogP contribution in [0.3, 0.4) is 0 Å². The van der Waals surface area contributed by atoms with E-state index >= 15 is 0 Å². The summed E-state index contributed by atoms with van der Waals surface area (Å²) in [4.78, 5) is 0.